The van der Waals surface area contributed by atoms with Gasteiger partial charge in [-0.05, 0) is 30.3 Å². The number of ketones is 1. The van der Waals surface area contributed by atoms with Crippen molar-refractivity contribution in [3.05, 3.63) is 59.4 Å². The van der Waals surface area contributed by atoms with Crippen LogP contribution in [0.1, 0.15) is 28.8 Å². The lowest BCUT2D eigenvalue weighted by Crippen LogP contribution is -2.16. The van der Waals surface area contributed by atoms with E-state index in [4.69, 9.17) is 4.74 Å². The molecule has 0 bridgehead atoms. The van der Waals surface area contributed by atoms with Crippen molar-refractivity contribution in [1.82, 2.24) is 0 Å². The number of halogens is 1. The summed E-state index contributed by atoms with van der Waals surface area (Å²) in [6, 6.07) is 9.82. The maximum Gasteiger partial charge on any atom is 0.306 e. The summed E-state index contributed by atoms with van der Waals surface area (Å²) >= 11 is 0. The number of hydrogen-bond acceptors (Lipinski definition) is 5. The van der Waals surface area contributed by atoms with Gasteiger partial charge >= 0.3 is 5.97 Å². The lowest BCUT2D eigenvalue weighted by atomic mass is 10.0. The number of carbonyl (C=O) groups excluding carboxylic acids is 3. The fourth-order valence-corrected chi connectivity index (χ4v) is 2.26. The van der Waals surface area contributed by atoms with Crippen molar-refractivity contribution in [1.29, 1.82) is 0 Å². The minimum absolute atomic E-state index is 0.0777. The molecule has 0 heterocycles. The van der Waals surface area contributed by atoms with Crippen LogP contribution in [0.3, 0.4) is 0 Å². The number of carbonyl (C=O) groups is 3. The van der Waals surface area contributed by atoms with Crippen LogP contribution in [0.4, 0.5) is 10.1 Å². The fourth-order valence-electron chi connectivity index (χ4n) is 2.26. The second-order valence-electron chi connectivity index (χ2n) is 5.38. The molecule has 0 atom stereocenters. The number of hydrogen-bond donors (Lipinski definition) is 1. The Bertz CT molecular complexity index is 834. The first kappa shape index (κ1) is 19.1. The van der Waals surface area contributed by atoms with Gasteiger partial charge in [-0.25, -0.2) is 4.39 Å². The van der Waals surface area contributed by atoms with Crippen molar-refractivity contribution >= 4 is 23.3 Å². The normalized spacial score (nSPS) is 10.1. The number of rotatable bonds is 7. The van der Waals surface area contributed by atoms with Crippen molar-refractivity contribution < 1.29 is 28.2 Å². The van der Waals surface area contributed by atoms with Crippen molar-refractivity contribution in [2.45, 2.75) is 12.8 Å². The van der Waals surface area contributed by atoms with E-state index < -0.39 is 23.5 Å². The average Bonchev–Trinajstić information content (AvgIpc) is 2.65. The lowest BCUT2D eigenvalue weighted by molar-refractivity contribution is -0.141. The van der Waals surface area contributed by atoms with Gasteiger partial charge in [-0.15, -0.1) is 0 Å². The molecular weight excluding hydrogens is 341 g/mol. The third-order valence-electron chi connectivity index (χ3n) is 3.62. The molecular formula is C19H18FNO5. The minimum atomic E-state index is -0.539. The van der Waals surface area contributed by atoms with Crippen molar-refractivity contribution in [2.75, 3.05) is 19.5 Å². The molecule has 0 aliphatic rings. The molecule has 0 aliphatic heterocycles. The summed E-state index contributed by atoms with van der Waals surface area (Å²) in [6.07, 6.45) is -0.169. The van der Waals surface area contributed by atoms with Gasteiger partial charge in [-0.1, -0.05) is 12.1 Å². The standard InChI is InChI=1S/C19H18FNO5/c1-25-14-6-7-16(21-17(22)8-9-18(23)26-2)15(11-14)19(24)12-4-3-5-13(20)10-12/h3-7,10-11H,8-9H2,1-2H3,(H,21,22). The summed E-state index contributed by atoms with van der Waals surface area (Å²) in [5.74, 6) is -1.55. The summed E-state index contributed by atoms with van der Waals surface area (Å²) in [7, 11) is 2.68. The molecule has 6 nitrogen and oxygen atoms in total. The summed E-state index contributed by atoms with van der Waals surface area (Å²) in [6.45, 7) is 0. The first-order chi connectivity index (χ1) is 12.4. The molecule has 136 valence electrons. The van der Waals surface area contributed by atoms with Gasteiger partial charge in [0.25, 0.3) is 0 Å². The highest BCUT2D eigenvalue weighted by Crippen LogP contribution is 2.25. The van der Waals surface area contributed by atoms with Gasteiger partial charge in [0, 0.05) is 17.5 Å². The highest BCUT2D eigenvalue weighted by Gasteiger charge is 2.17. The van der Waals surface area contributed by atoms with Crippen LogP contribution >= 0.6 is 0 Å². The van der Waals surface area contributed by atoms with E-state index in [-0.39, 0.29) is 29.7 Å². The largest absolute Gasteiger partial charge is 0.497 e. The van der Waals surface area contributed by atoms with Gasteiger partial charge in [0.05, 0.1) is 26.3 Å². The SMILES string of the molecule is COC(=O)CCC(=O)Nc1ccc(OC)cc1C(=O)c1cccc(F)c1. The van der Waals surface area contributed by atoms with Crippen LogP contribution < -0.4 is 10.1 Å². The van der Waals surface area contributed by atoms with E-state index in [1.54, 1.807) is 6.07 Å². The molecule has 1 N–H and O–H groups in total. The van der Waals surface area contributed by atoms with E-state index in [1.165, 1.54) is 44.6 Å². The van der Waals surface area contributed by atoms with Crippen LogP contribution in [-0.2, 0) is 14.3 Å². The molecule has 0 aromatic heterocycles. The zero-order chi connectivity index (χ0) is 19.1. The summed E-state index contributed by atoms with van der Waals surface area (Å²) < 4.78 is 23.0. The van der Waals surface area contributed by atoms with E-state index in [0.29, 0.717) is 5.75 Å². The van der Waals surface area contributed by atoms with Gasteiger partial charge in [0.1, 0.15) is 11.6 Å². The molecule has 0 saturated heterocycles. The summed E-state index contributed by atoms with van der Waals surface area (Å²) in [5, 5.41) is 2.59. The topological polar surface area (TPSA) is 81.7 Å². The zero-order valence-corrected chi connectivity index (χ0v) is 14.4. The molecule has 0 saturated carbocycles. The van der Waals surface area contributed by atoms with Crippen LogP contribution in [0, 0.1) is 5.82 Å². The Morgan fingerprint density at radius 3 is 2.46 bits per heavy atom. The highest BCUT2D eigenvalue weighted by molar-refractivity contribution is 6.14. The Morgan fingerprint density at radius 2 is 1.81 bits per heavy atom. The Morgan fingerprint density at radius 1 is 1.04 bits per heavy atom. The van der Waals surface area contributed by atoms with Crippen molar-refractivity contribution in [3.8, 4) is 5.75 Å². The number of amides is 1. The van der Waals surface area contributed by atoms with E-state index in [9.17, 15) is 18.8 Å². The lowest BCUT2D eigenvalue weighted by Gasteiger charge is -2.12. The third kappa shape index (κ3) is 4.89. The molecule has 0 spiro atoms. The number of nitrogens with one attached hydrogen (secondary N) is 1. The number of methoxy groups -OCH3 is 2. The quantitative estimate of drug-likeness (QED) is 0.607. The van der Waals surface area contributed by atoms with Crippen LogP contribution in [0.2, 0.25) is 0 Å². The highest BCUT2D eigenvalue weighted by atomic mass is 19.1. The van der Waals surface area contributed by atoms with E-state index in [1.807, 2.05) is 0 Å². The predicted octanol–water partition coefficient (Wildman–Crippen LogP) is 2.96. The molecule has 1 amide bonds. The Kier molecular flexibility index (Phi) is 6.43. The van der Waals surface area contributed by atoms with Gasteiger partial charge < -0.3 is 14.8 Å². The van der Waals surface area contributed by atoms with Gasteiger partial charge in [0.15, 0.2) is 5.78 Å². The van der Waals surface area contributed by atoms with Crippen molar-refractivity contribution in [3.63, 3.8) is 0 Å². The Labute approximate surface area is 149 Å². The van der Waals surface area contributed by atoms with Crippen molar-refractivity contribution in [2.24, 2.45) is 0 Å². The zero-order valence-electron chi connectivity index (χ0n) is 14.4. The summed E-state index contributed by atoms with van der Waals surface area (Å²) in [5.41, 5.74) is 0.541. The first-order valence-electron chi connectivity index (χ1n) is 7.79. The molecule has 0 radical (unpaired) electrons. The van der Waals surface area contributed by atoms with Gasteiger partial charge in [-0.3, -0.25) is 14.4 Å². The first-order valence-corrected chi connectivity index (χ1v) is 7.79. The number of esters is 1. The minimum Gasteiger partial charge on any atom is -0.497 e. The number of anilines is 1. The molecule has 0 unspecified atom stereocenters. The molecule has 2 aromatic rings. The average molecular weight is 359 g/mol. The maximum atomic E-state index is 13.4. The van der Waals surface area contributed by atoms with Gasteiger partial charge in [0.2, 0.25) is 5.91 Å². The Hall–Kier alpha value is -3.22. The van der Waals surface area contributed by atoms with E-state index in [0.717, 1.165) is 6.07 Å². The van der Waals surface area contributed by atoms with Crippen LogP contribution in [-0.4, -0.2) is 31.9 Å². The van der Waals surface area contributed by atoms with Crippen LogP contribution in [0.5, 0.6) is 5.75 Å². The molecule has 0 aliphatic carbocycles. The molecule has 26 heavy (non-hydrogen) atoms. The number of benzene rings is 2. The second kappa shape index (κ2) is 8.75. The van der Waals surface area contributed by atoms with Crippen LogP contribution in [0.25, 0.3) is 0 Å². The number of ether oxygens (including phenoxy) is 2. The predicted molar refractivity (Wildman–Crippen MR) is 92.7 cm³/mol. The monoisotopic (exact) mass is 359 g/mol. The Balaban J connectivity index is 2.28. The van der Waals surface area contributed by atoms with E-state index >= 15 is 0 Å². The van der Waals surface area contributed by atoms with Crippen LogP contribution in [0.15, 0.2) is 42.5 Å². The summed E-state index contributed by atoms with van der Waals surface area (Å²) in [4.78, 5) is 35.9. The smallest absolute Gasteiger partial charge is 0.306 e. The van der Waals surface area contributed by atoms with E-state index in [2.05, 4.69) is 10.1 Å². The second-order valence-corrected chi connectivity index (χ2v) is 5.38. The molecule has 7 heteroatoms. The molecule has 2 rings (SSSR count). The fraction of sp³-hybridized carbons (Fsp3) is 0.211. The maximum absolute atomic E-state index is 13.4. The third-order valence-corrected chi connectivity index (χ3v) is 3.62. The van der Waals surface area contributed by atoms with Gasteiger partial charge in [-0.2, -0.15) is 0 Å². The molecule has 0 fully saturated rings. The molecule has 2 aromatic carbocycles.